The van der Waals surface area contributed by atoms with Crippen LogP contribution in [-0.2, 0) is 0 Å². The fraction of sp³-hybridized carbons (Fsp3) is 1.00. The van der Waals surface area contributed by atoms with Crippen molar-refractivity contribution in [1.82, 2.24) is 15.1 Å². The smallest absolute Gasteiger partial charge is 0.00192 e. The zero-order valence-electron chi connectivity index (χ0n) is 10.9. The van der Waals surface area contributed by atoms with Crippen molar-refractivity contribution in [3.63, 3.8) is 0 Å². The average Bonchev–Trinajstić information content (AvgIpc) is 2.87. The Balaban J connectivity index is 1.58. The quantitative estimate of drug-likeness (QED) is 0.749. The van der Waals surface area contributed by atoms with Gasteiger partial charge in [-0.2, -0.15) is 0 Å². The molecule has 0 saturated carbocycles. The highest BCUT2D eigenvalue weighted by molar-refractivity contribution is 4.76. The molecular weight excluding hydrogens is 198 g/mol. The molecule has 2 heterocycles. The summed E-state index contributed by atoms with van der Waals surface area (Å²) in [7, 11) is 4.53. The summed E-state index contributed by atoms with van der Waals surface area (Å²) < 4.78 is 0. The lowest BCUT2D eigenvalue weighted by Crippen LogP contribution is -2.29. The average molecular weight is 225 g/mol. The van der Waals surface area contributed by atoms with Crippen LogP contribution in [0.25, 0.3) is 0 Å². The van der Waals surface area contributed by atoms with E-state index in [0.717, 1.165) is 11.8 Å². The first-order valence-electron chi connectivity index (χ1n) is 6.82. The van der Waals surface area contributed by atoms with Crippen LogP contribution in [0.2, 0.25) is 0 Å². The minimum atomic E-state index is 0.899. The molecule has 2 rings (SSSR count). The van der Waals surface area contributed by atoms with E-state index in [1.54, 1.807) is 0 Å². The second-order valence-electron chi connectivity index (χ2n) is 5.83. The number of hydrogen-bond acceptors (Lipinski definition) is 3. The first kappa shape index (κ1) is 12.3. The van der Waals surface area contributed by atoms with Gasteiger partial charge in [0.1, 0.15) is 0 Å². The molecule has 0 bridgehead atoms. The first-order valence-corrected chi connectivity index (χ1v) is 6.82. The second-order valence-corrected chi connectivity index (χ2v) is 5.83. The normalized spacial score (nSPS) is 31.7. The molecule has 2 aliphatic heterocycles. The summed E-state index contributed by atoms with van der Waals surface area (Å²) in [5.74, 6) is 1.85. The molecule has 3 heteroatoms. The number of likely N-dealkylation sites (tertiary alicyclic amines) is 1. The molecule has 2 atom stereocenters. The van der Waals surface area contributed by atoms with Gasteiger partial charge < -0.3 is 15.1 Å². The van der Waals surface area contributed by atoms with Gasteiger partial charge in [-0.1, -0.05) is 0 Å². The van der Waals surface area contributed by atoms with Crippen LogP contribution in [0.5, 0.6) is 0 Å². The molecule has 2 unspecified atom stereocenters. The Morgan fingerprint density at radius 2 is 2.19 bits per heavy atom. The molecule has 2 saturated heterocycles. The van der Waals surface area contributed by atoms with Crippen molar-refractivity contribution >= 4 is 0 Å². The van der Waals surface area contributed by atoms with Crippen molar-refractivity contribution in [2.75, 3.05) is 53.4 Å². The molecule has 0 radical (unpaired) electrons. The summed E-state index contributed by atoms with van der Waals surface area (Å²) in [6.45, 7) is 7.66. The molecule has 3 nitrogen and oxygen atoms in total. The van der Waals surface area contributed by atoms with Gasteiger partial charge in [-0.05, 0) is 71.4 Å². The molecule has 94 valence electrons. The van der Waals surface area contributed by atoms with E-state index in [-0.39, 0.29) is 0 Å². The fourth-order valence-corrected chi connectivity index (χ4v) is 3.07. The van der Waals surface area contributed by atoms with Crippen LogP contribution in [0, 0.1) is 11.8 Å². The van der Waals surface area contributed by atoms with E-state index in [1.807, 2.05) is 0 Å². The summed E-state index contributed by atoms with van der Waals surface area (Å²) in [6.07, 6.45) is 4.17. The van der Waals surface area contributed by atoms with Gasteiger partial charge in [0.25, 0.3) is 0 Å². The summed E-state index contributed by atoms with van der Waals surface area (Å²) in [4.78, 5) is 5.00. The predicted octanol–water partition coefficient (Wildman–Crippen LogP) is 0.870. The lowest BCUT2D eigenvalue weighted by atomic mass is 10.0. The van der Waals surface area contributed by atoms with Crippen molar-refractivity contribution in [3.05, 3.63) is 0 Å². The van der Waals surface area contributed by atoms with Crippen LogP contribution in [0.1, 0.15) is 19.3 Å². The van der Waals surface area contributed by atoms with Crippen molar-refractivity contribution in [2.45, 2.75) is 19.3 Å². The van der Waals surface area contributed by atoms with Gasteiger partial charge in [0, 0.05) is 13.1 Å². The van der Waals surface area contributed by atoms with Gasteiger partial charge in [-0.25, -0.2) is 0 Å². The molecule has 0 aromatic rings. The van der Waals surface area contributed by atoms with Crippen LogP contribution >= 0.6 is 0 Å². The first-order chi connectivity index (χ1) is 7.74. The maximum atomic E-state index is 3.45. The van der Waals surface area contributed by atoms with Gasteiger partial charge in [0.05, 0.1) is 0 Å². The number of nitrogens with one attached hydrogen (secondary N) is 1. The molecule has 1 N–H and O–H groups in total. The molecule has 2 fully saturated rings. The Labute approximate surface area is 100 Å². The Bertz CT molecular complexity index is 201. The molecule has 0 amide bonds. The second kappa shape index (κ2) is 5.99. The van der Waals surface area contributed by atoms with Crippen LogP contribution in [0.15, 0.2) is 0 Å². The van der Waals surface area contributed by atoms with Crippen molar-refractivity contribution in [1.29, 1.82) is 0 Å². The minimum Gasteiger partial charge on any atom is -0.316 e. The molecule has 16 heavy (non-hydrogen) atoms. The lowest BCUT2D eigenvalue weighted by molar-refractivity contribution is 0.262. The van der Waals surface area contributed by atoms with Crippen LogP contribution in [0.4, 0.5) is 0 Å². The SMILES string of the molecule is CN1CCC(CCN(C)CC2CCNC2)C1. The number of rotatable bonds is 5. The summed E-state index contributed by atoms with van der Waals surface area (Å²) in [6, 6.07) is 0. The van der Waals surface area contributed by atoms with E-state index in [2.05, 4.69) is 29.2 Å². The van der Waals surface area contributed by atoms with Crippen molar-refractivity contribution < 1.29 is 0 Å². The van der Waals surface area contributed by atoms with E-state index in [4.69, 9.17) is 0 Å². The highest BCUT2D eigenvalue weighted by atomic mass is 15.1. The number of nitrogens with zero attached hydrogens (tertiary/aromatic N) is 2. The molecular formula is C13H27N3. The van der Waals surface area contributed by atoms with Gasteiger partial charge in [-0.3, -0.25) is 0 Å². The predicted molar refractivity (Wildman–Crippen MR) is 68.7 cm³/mol. The summed E-state index contributed by atoms with van der Waals surface area (Å²) in [5, 5.41) is 3.45. The highest BCUT2D eigenvalue weighted by Gasteiger charge is 2.20. The monoisotopic (exact) mass is 225 g/mol. The van der Waals surface area contributed by atoms with Crippen LogP contribution < -0.4 is 5.32 Å². The highest BCUT2D eigenvalue weighted by Crippen LogP contribution is 2.18. The van der Waals surface area contributed by atoms with E-state index < -0.39 is 0 Å². The van der Waals surface area contributed by atoms with Gasteiger partial charge >= 0.3 is 0 Å². The van der Waals surface area contributed by atoms with E-state index >= 15 is 0 Å². The Hall–Kier alpha value is -0.120. The zero-order chi connectivity index (χ0) is 11.4. The van der Waals surface area contributed by atoms with Gasteiger partial charge in [0.2, 0.25) is 0 Å². The van der Waals surface area contributed by atoms with Crippen LogP contribution in [0.3, 0.4) is 0 Å². The fourth-order valence-electron chi connectivity index (χ4n) is 3.07. The maximum absolute atomic E-state index is 3.45. The van der Waals surface area contributed by atoms with E-state index in [0.29, 0.717) is 0 Å². The topological polar surface area (TPSA) is 18.5 Å². The molecule has 0 spiro atoms. The summed E-state index contributed by atoms with van der Waals surface area (Å²) >= 11 is 0. The standard InChI is InChI=1S/C13H27N3/c1-15-7-4-12(10-15)5-8-16(2)11-13-3-6-14-9-13/h12-14H,3-11H2,1-2H3. The zero-order valence-corrected chi connectivity index (χ0v) is 10.9. The molecule has 2 aliphatic rings. The van der Waals surface area contributed by atoms with Crippen molar-refractivity contribution in [2.24, 2.45) is 11.8 Å². The van der Waals surface area contributed by atoms with E-state index in [1.165, 1.54) is 58.5 Å². The molecule has 0 aromatic heterocycles. The van der Waals surface area contributed by atoms with Crippen LogP contribution in [-0.4, -0.2) is 63.2 Å². The third kappa shape index (κ3) is 3.72. The lowest BCUT2D eigenvalue weighted by Gasteiger charge is -2.22. The maximum Gasteiger partial charge on any atom is 0.00192 e. The van der Waals surface area contributed by atoms with Gasteiger partial charge in [-0.15, -0.1) is 0 Å². The Morgan fingerprint density at radius 3 is 2.81 bits per heavy atom. The Kier molecular flexibility index (Phi) is 4.62. The third-order valence-corrected chi connectivity index (χ3v) is 4.14. The molecule has 0 aromatic carbocycles. The Morgan fingerprint density at radius 1 is 1.31 bits per heavy atom. The number of hydrogen-bond donors (Lipinski definition) is 1. The minimum absolute atomic E-state index is 0.899. The summed E-state index contributed by atoms with van der Waals surface area (Å²) in [5.41, 5.74) is 0. The van der Waals surface area contributed by atoms with Gasteiger partial charge in [0.15, 0.2) is 0 Å². The van der Waals surface area contributed by atoms with Crippen molar-refractivity contribution in [3.8, 4) is 0 Å². The largest absolute Gasteiger partial charge is 0.316 e. The molecule has 0 aliphatic carbocycles. The van der Waals surface area contributed by atoms with E-state index in [9.17, 15) is 0 Å². The third-order valence-electron chi connectivity index (χ3n) is 4.14.